The van der Waals surface area contributed by atoms with Crippen LogP contribution in [-0.4, -0.2) is 25.9 Å². The first-order valence-electron chi connectivity index (χ1n) is 6.54. The van der Waals surface area contributed by atoms with Crippen LogP contribution in [0.25, 0.3) is 11.5 Å². The van der Waals surface area contributed by atoms with Gasteiger partial charge in [0, 0.05) is 34.4 Å². The molecule has 0 unspecified atom stereocenters. The Morgan fingerprint density at radius 2 is 1.91 bits per heavy atom. The van der Waals surface area contributed by atoms with Crippen LogP contribution in [0.15, 0.2) is 28.8 Å². The van der Waals surface area contributed by atoms with Crippen molar-refractivity contribution in [3.05, 3.63) is 45.7 Å². The Morgan fingerprint density at radius 3 is 2.52 bits per heavy atom. The highest BCUT2D eigenvalue weighted by Crippen LogP contribution is 2.27. The summed E-state index contributed by atoms with van der Waals surface area (Å²) in [7, 11) is 1.73. The van der Waals surface area contributed by atoms with Crippen molar-refractivity contribution in [2.45, 2.75) is 6.92 Å². The van der Waals surface area contributed by atoms with Crippen LogP contribution in [0.2, 0.25) is 10.0 Å². The van der Waals surface area contributed by atoms with Gasteiger partial charge in [0.15, 0.2) is 5.69 Å². The molecule has 0 spiro atoms. The van der Waals surface area contributed by atoms with E-state index in [2.05, 4.69) is 20.6 Å². The summed E-state index contributed by atoms with van der Waals surface area (Å²) in [6.45, 7) is 1.79. The summed E-state index contributed by atoms with van der Waals surface area (Å²) < 4.78 is 6.97. The molecule has 23 heavy (non-hydrogen) atoms. The molecular formula is C14H11Cl2N5O2. The fourth-order valence-electron chi connectivity index (χ4n) is 2.06. The third-order valence-electron chi connectivity index (χ3n) is 2.98. The van der Waals surface area contributed by atoms with Crippen molar-refractivity contribution in [1.82, 2.24) is 20.0 Å². The van der Waals surface area contributed by atoms with Gasteiger partial charge in [-0.3, -0.25) is 14.8 Å². The molecular weight excluding hydrogens is 341 g/mol. The summed E-state index contributed by atoms with van der Waals surface area (Å²) in [5, 5.41) is 15.1. The number of aryl methyl sites for hydroxylation is 2. The Bertz CT molecular complexity index is 867. The van der Waals surface area contributed by atoms with E-state index in [1.165, 1.54) is 0 Å². The summed E-state index contributed by atoms with van der Waals surface area (Å²) >= 11 is 11.9. The zero-order chi connectivity index (χ0) is 16.6. The van der Waals surface area contributed by atoms with E-state index in [1.54, 1.807) is 43.0 Å². The van der Waals surface area contributed by atoms with E-state index < -0.39 is 5.91 Å². The van der Waals surface area contributed by atoms with Crippen LogP contribution < -0.4 is 5.32 Å². The van der Waals surface area contributed by atoms with Gasteiger partial charge >= 0.3 is 6.01 Å². The van der Waals surface area contributed by atoms with Gasteiger partial charge in [-0.2, -0.15) is 5.10 Å². The van der Waals surface area contributed by atoms with Crippen LogP contribution in [0.1, 0.15) is 16.1 Å². The Hall–Kier alpha value is -2.38. The van der Waals surface area contributed by atoms with Gasteiger partial charge in [0.1, 0.15) is 0 Å². The number of halogens is 2. The Labute approximate surface area is 141 Å². The lowest BCUT2D eigenvalue weighted by molar-refractivity contribution is 0.101. The minimum absolute atomic E-state index is 0.0360. The fraction of sp³-hybridized carbons (Fsp3) is 0.143. The predicted octanol–water partition coefficient (Wildman–Crippen LogP) is 3.34. The number of anilines is 1. The topological polar surface area (TPSA) is 85.8 Å². The maximum absolute atomic E-state index is 12.1. The zero-order valence-electron chi connectivity index (χ0n) is 12.2. The zero-order valence-corrected chi connectivity index (χ0v) is 13.7. The second-order valence-electron chi connectivity index (χ2n) is 4.86. The van der Waals surface area contributed by atoms with Gasteiger partial charge in [-0.05, 0) is 25.1 Å². The van der Waals surface area contributed by atoms with Crippen molar-refractivity contribution in [3.8, 4) is 11.5 Å². The van der Waals surface area contributed by atoms with Crippen LogP contribution in [0.3, 0.4) is 0 Å². The molecule has 0 radical (unpaired) electrons. The summed E-state index contributed by atoms with van der Waals surface area (Å²) in [5.74, 6) is -0.232. The van der Waals surface area contributed by atoms with Gasteiger partial charge < -0.3 is 4.42 Å². The Balaban J connectivity index is 1.82. The van der Waals surface area contributed by atoms with Crippen LogP contribution in [0, 0.1) is 6.92 Å². The minimum Gasteiger partial charge on any atom is -0.403 e. The number of benzene rings is 1. The molecule has 0 aliphatic carbocycles. The number of amides is 1. The molecule has 9 heteroatoms. The second kappa shape index (κ2) is 6.02. The third-order valence-corrected chi connectivity index (χ3v) is 3.42. The lowest BCUT2D eigenvalue weighted by Crippen LogP contribution is -2.14. The van der Waals surface area contributed by atoms with Crippen molar-refractivity contribution >= 4 is 35.1 Å². The predicted molar refractivity (Wildman–Crippen MR) is 85.7 cm³/mol. The van der Waals surface area contributed by atoms with Crippen molar-refractivity contribution in [2.24, 2.45) is 7.05 Å². The minimum atomic E-state index is -0.428. The standard InChI is InChI=1S/C14H11Cl2N5O2/c1-7-6-21(2)20-11(7)12(22)17-14-19-18-13(23-14)8-3-9(15)5-10(16)4-8/h3-6H,1-2H3,(H,17,19,22). The molecule has 0 aliphatic rings. The number of rotatable bonds is 3. The largest absolute Gasteiger partial charge is 0.403 e. The quantitative estimate of drug-likeness (QED) is 0.781. The van der Waals surface area contributed by atoms with Gasteiger partial charge in [-0.15, -0.1) is 5.10 Å². The number of nitrogens with one attached hydrogen (secondary N) is 1. The van der Waals surface area contributed by atoms with Crippen molar-refractivity contribution in [3.63, 3.8) is 0 Å². The van der Waals surface area contributed by atoms with E-state index in [4.69, 9.17) is 27.6 Å². The first kappa shape index (κ1) is 15.5. The molecule has 2 aromatic heterocycles. The molecule has 2 heterocycles. The molecule has 0 saturated carbocycles. The van der Waals surface area contributed by atoms with Gasteiger partial charge in [-0.25, -0.2) is 0 Å². The Morgan fingerprint density at radius 1 is 1.22 bits per heavy atom. The fourth-order valence-corrected chi connectivity index (χ4v) is 2.58. The highest BCUT2D eigenvalue weighted by molar-refractivity contribution is 6.35. The van der Waals surface area contributed by atoms with Crippen LogP contribution >= 0.6 is 23.2 Å². The van der Waals surface area contributed by atoms with Crippen LogP contribution in [0.5, 0.6) is 0 Å². The first-order chi connectivity index (χ1) is 10.9. The SMILES string of the molecule is Cc1cn(C)nc1C(=O)Nc1nnc(-c2cc(Cl)cc(Cl)c2)o1. The molecule has 3 rings (SSSR count). The van der Waals surface area contributed by atoms with E-state index in [-0.39, 0.29) is 17.6 Å². The molecule has 7 nitrogen and oxygen atoms in total. The number of hydrogen-bond donors (Lipinski definition) is 1. The Kier molecular flexibility index (Phi) is 4.06. The number of aromatic nitrogens is 4. The highest BCUT2D eigenvalue weighted by Gasteiger charge is 2.17. The van der Waals surface area contributed by atoms with Crippen LogP contribution in [-0.2, 0) is 7.05 Å². The van der Waals surface area contributed by atoms with E-state index in [0.717, 1.165) is 5.56 Å². The maximum atomic E-state index is 12.1. The smallest absolute Gasteiger partial charge is 0.322 e. The van der Waals surface area contributed by atoms with Crippen molar-refractivity contribution in [1.29, 1.82) is 0 Å². The molecule has 1 amide bonds. The molecule has 0 aliphatic heterocycles. The van der Waals surface area contributed by atoms with Crippen molar-refractivity contribution < 1.29 is 9.21 Å². The second-order valence-corrected chi connectivity index (χ2v) is 5.73. The molecule has 0 fully saturated rings. The summed E-state index contributed by atoms with van der Waals surface area (Å²) in [4.78, 5) is 12.1. The molecule has 0 saturated heterocycles. The molecule has 1 N–H and O–H groups in total. The average Bonchev–Trinajstić information content (AvgIpc) is 3.04. The summed E-state index contributed by atoms with van der Waals surface area (Å²) in [5.41, 5.74) is 1.59. The van der Waals surface area contributed by atoms with Gasteiger partial charge in [0.2, 0.25) is 5.89 Å². The maximum Gasteiger partial charge on any atom is 0.322 e. The van der Waals surface area contributed by atoms with E-state index in [0.29, 0.717) is 15.6 Å². The lowest BCUT2D eigenvalue weighted by Gasteiger charge is -1.99. The highest BCUT2D eigenvalue weighted by atomic mass is 35.5. The molecule has 0 bridgehead atoms. The van der Waals surface area contributed by atoms with Gasteiger partial charge in [-0.1, -0.05) is 28.3 Å². The first-order valence-corrected chi connectivity index (χ1v) is 7.29. The van der Waals surface area contributed by atoms with E-state index in [1.807, 2.05) is 0 Å². The van der Waals surface area contributed by atoms with Gasteiger partial charge in [0.25, 0.3) is 5.91 Å². The lowest BCUT2D eigenvalue weighted by atomic mass is 10.2. The van der Waals surface area contributed by atoms with Crippen LogP contribution in [0.4, 0.5) is 6.01 Å². The van der Waals surface area contributed by atoms with Crippen molar-refractivity contribution in [2.75, 3.05) is 5.32 Å². The molecule has 1 aromatic carbocycles. The molecule has 3 aromatic rings. The molecule has 118 valence electrons. The summed E-state index contributed by atoms with van der Waals surface area (Å²) in [6.07, 6.45) is 1.74. The number of nitrogens with zero attached hydrogens (tertiary/aromatic N) is 4. The average molecular weight is 352 g/mol. The monoisotopic (exact) mass is 351 g/mol. The number of hydrogen-bond acceptors (Lipinski definition) is 5. The number of carbonyl (C=O) groups excluding carboxylic acids is 1. The van der Waals surface area contributed by atoms with E-state index >= 15 is 0 Å². The molecule has 0 atom stereocenters. The van der Waals surface area contributed by atoms with E-state index in [9.17, 15) is 4.79 Å². The third kappa shape index (κ3) is 3.35. The number of carbonyl (C=O) groups is 1. The summed E-state index contributed by atoms with van der Waals surface area (Å²) in [6, 6.07) is 4.83. The normalized spacial score (nSPS) is 10.8. The van der Waals surface area contributed by atoms with Gasteiger partial charge in [0.05, 0.1) is 0 Å².